The predicted octanol–water partition coefficient (Wildman–Crippen LogP) is 10.2. The molecule has 0 aromatic rings. The molecule has 0 aromatic heterocycles. The van der Waals surface area contributed by atoms with E-state index in [0.29, 0.717) is 52.8 Å². The molecule has 0 aliphatic rings. The molecule has 1 unspecified atom stereocenters. The maximum atomic E-state index is 12.2. The van der Waals surface area contributed by atoms with E-state index in [2.05, 4.69) is 19.2 Å². The highest BCUT2D eigenvalue weighted by Gasteiger charge is 2.13. The zero-order valence-corrected chi connectivity index (χ0v) is 31.5. The highest BCUT2D eigenvalue weighted by molar-refractivity contribution is 5.67. The van der Waals surface area contributed by atoms with Gasteiger partial charge in [0.25, 0.3) is 0 Å². The summed E-state index contributed by atoms with van der Waals surface area (Å²) in [6.07, 6.45) is 31.1. The monoisotopic (exact) mass is 674 g/mol. The van der Waals surface area contributed by atoms with Gasteiger partial charge < -0.3 is 33.7 Å². The van der Waals surface area contributed by atoms with Crippen molar-refractivity contribution in [3.63, 3.8) is 0 Å². The fourth-order valence-corrected chi connectivity index (χ4v) is 5.51. The Morgan fingerprint density at radius 2 is 0.894 bits per heavy atom. The second kappa shape index (κ2) is 41.2. The van der Waals surface area contributed by atoms with Crippen LogP contribution in [0.2, 0.25) is 0 Å². The molecule has 47 heavy (non-hydrogen) atoms. The van der Waals surface area contributed by atoms with Gasteiger partial charge in [-0.05, 0) is 12.8 Å². The van der Waals surface area contributed by atoms with Gasteiger partial charge in [-0.1, -0.05) is 155 Å². The minimum atomic E-state index is -0.454. The zero-order chi connectivity index (χ0) is 34.1. The van der Waals surface area contributed by atoms with Crippen molar-refractivity contribution in [1.82, 2.24) is 5.32 Å². The number of hydrogen-bond acceptors (Lipinski definition) is 7. The first-order valence-corrected chi connectivity index (χ1v) is 20.0. The van der Waals surface area contributed by atoms with Gasteiger partial charge in [-0.25, -0.2) is 4.79 Å². The molecule has 0 spiro atoms. The highest BCUT2D eigenvalue weighted by Crippen LogP contribution is 2.13. The molecule has 0 aromatic carbocycles. The maximum Gasteiger partial charge on any atom is 0.407 e. The third kappa shape index (κ3) is 39.4. The van der Waals surface area contributed by atoms with Crippen LogP contribution in [-0.4, -0.2) is 85.3 Å². The number of hydrogen-bond donors (Lipinski definition) is 1. The topological polar surface area (TPSA) is 84.5 Å². The second-order valence-electron chi connectivity index (χ2n) is 13.1. The smallest absolute Gasteiger partial charge is 0.407 e. The summed E-state index contributed by atoms with van der Waals surface area (Å²) in [7, 11) is 1.65. The number of carbonyl (C=O) groups is 1. The van der Waals surface area contributed by atoms with Crippen molar-refractivity contribution in [1.29, 1.82) is 0 Å². The van der Waals surface area contributed by atoms with Crippen LogP contribution < -0.4 is 5.32 Å². The van der Waals surface area contributed by atoms with Gasteiger partial charge in [0.2, 0.25) is 0 Å². The molecule has 0 saturated heterocycles. The highest BCUT2D eigenvalue weighted by atomic mass is 16.6. The molecule has 1 N–H and O–H groups in total. The van der Waals surface area contributed by atoms with E-state index in [-0.39, 0.29) is 12.7 Å². The van der Waals surface area contributed by atoms with Gasteiger partial charge in [0.1, 0.15) is 12.7 Å². The molecule has 0 heterocycles. The Kier molecular flexibility index (Phi) is 40.4. The van der Waals surface area contributed by atoms with Crippen molar-refractivity contribution in [2.75, 3.05) is 73.1 Å². The molecule has 0 rings (SSSR count). The summed E-state index contributed by atoms with van der Waals surface area (Å²) in [6.45, 7) is 9.50. The third-order valence-corrected chi connectivity index (χ3v) is 8.52. The van der Waals surface area contributed by atoms with Gasteiger partial charge in [-0.2, -0.15) is 0 Å². The lowest BCUT2D eigenvalue weighted by molar-refractivity contribution is -0.0469. The van der Waals surface area contributed by atoms with Crippen molar-refractivity contribution in [3.05, 3.63) is 0 Å². The van der Waals surface area contributed by atoms with Crippen molar-refractivity contribution < 1.29 is 33.2 Å². The number of rotatable bonds is 40. The number of amides is 1. The SMILES string of the molecule is CCCCCCCCCCCCCCOCC(COC(=O)NCCOCCOCCOC)OCCCCCCCCCCCCCC. The van der Waals surface area contributed by atoms with Crippen molar-refractivity contribution in [2.24, 2.45) is 0 Å². The molecule has 8 heteroatoms. The molecule has 1 amide bonds. The lowest BCUT2D eigenvalue weighted by Gasteiger charge is -2.18. The molecule has 0 aliphatic carbocycles. The molecule has 8 nitrogen and oxygen atoms in total. The zero-order valence-electron chi connectivity index (χ0n) is 31.5. The van der Waals surface area contributed by atoms with Gasteiger partial charge in [-0.3, -0.25) is 0 Å². The summed E-state index contributed by atoms with van der Waals surface area (Å²) in [5.41, 5.74) is 0. The Morgan fingerprint density at radius 3 is 1.38 bits per heavy atom. The van der Waals surface area contributed by atoms with Gasteiger partial charge in [-0.15, -0.1) is 0 Å². The van der Waals surface area contributed by atoms with E-state index in [1.165, 1.54) is 141 Å². The molecular formula is C39H79NO7. The van der Waals surface area contributed by atoms with Crippen molar-refractivity contribution in [2.45, 2.75) is 174 Å². The first kappa shape index (κ1) is 46.1. The molecule has 0 bridgehead atoms. The fraction of sp³-hybridized carbons (Fsp3) is 0.974. The van der Waals surface area contributed by atoms with Crippen LogP contribution in [0, 0.1) is 0 Å². The summed E-state index contributed by atoms with van der Waals surface area (Å²) < 4.78 is 33.3. The molecule has 0 saturated carbocycles. The summed E-state index contributed by atoms with van der Waals surface area (Å²) in [4.78, 5) is 12.2. The Labute approximate surface area is 291 Å². The summed E-state index contributed by atoms with van der Waals surface area (Å²) in [6, 6.07) is 0. The first-order valence-electron chi connectivity index (χ1n) is 20.0. The van der Waals surface area contributed by atoms with Crippen LogP contribution in [0.3, 0.4) is 0 Å². The lowest BCUT2D eigenvalue weighted by Crippen LogP contribution is -2.33. The largest absolute Gasteiger partial charge is 0.447 e. The predicted molar refractivity (Wildman–Crippen MR) is 196 cm³/mol. The van der Waals surface area contributed by atoms with E-state index in [0.717, 1.165) is 19.4 Å². The van der Waals surface area contributed by atoms with Gasteiger partial charge in [0.15, 0.2) is 0 Å². The van der Waals surface area contributed by atoms with Crippen molar-refractivity contribution >= 4 is 6.09 Å². The Morgan fingerprint density at radius 1 is 0.468 bits per heavy atom. The Hall–Kier alpha value is -0.930. The van der Waals surface area contributed by atoms with Crippen LogP contribution in [0.5, 0.6) is 0 Å². The lowest BCUT2D eigenvalue weighted by atomic mass is 10.1. The quantitative estimate of drug-likeness (QED) is 0.0648. The van der Waals surface area contributed by atoms with Crippen LogP contribution >= 0.6 is 0 Å². The van der Waals surface area contributed by atoms with Crippen LogP contribution in [0.4, 0.5) is 4.79 Å². The van der Waals surface area contributed by atoms with Gasteiger partial charge in [0, 0.05) is 26.9 Å². The fourth-order valence-electron chi connectivity index (χ4n) is 5.51. The molecule has 0 aliphatic heterocycles. The number of alkyl carbamates (subject to hydrolysis) is 1. The number of methoxy groups -OCH3 is 1. The van der Waals surface area contributed by atoms with Crippen LogP contribution in [0.1, 0.15) is 168 Å². The minimum absolute atomic E-state index is 0.191. The van der Waals surface area contributed by atoms with Crippen LogP contribution in [0.25, 0.3) is 0 Å². The molecular weight excluding hydrogens is 594 g/mol. The third-order valence-electron chi connectivity index (χ3n) is 8.52. The van der Waals surface area contributed by atoms with Gasteiger partial charge >= 0.3 is 6.09 Å². The normalized spacial score (nSPS) is 12.1. The Balaban J connectivity index is 4.04. The van der Waals surface area contributed by atoms with E-state index in [1.54, 1.807) is 7.11 Å². The first-order chi connectivity index (χ1) is 23.2. The molecule has 0 radical (unpaired) electrons. The number of carbonyl (C=O) groups excluding carboxylic acids is 1. The summed E-state index contributed by atoms with van der Waals surface area (Å²) in [5, 5.41) is 2.74. The summed E-state index contributed by atoms with van der Waals surface area (Å²) >= 11 is 0. The molecule has 1 atom stereocenters. The van der Waals surface area contributed by atoms with E-state index in [4.69, 9.17) is 28.4 Å². The van der Waals surface area contributed by atoms with Crippen LogP contribution in [-0.2, 0) is 28.4 Å². The van der Waals surface area contributed by atoms with E-state index in [9.17, 15) is 4.79 Å². The number of ether oxygens (including phenoxy) is 6. The number of nitrogens with one attached hydrogen (secondary N) is 1. The molecule has 0 fully saturated rings. The maximum absolute atomic E-state index is 12.2. The average Bonchev–Trinajstić information content (AvgIpc) is 3.08. The van der Waals surface area contributed by atoms with E-state index in [1.807, 2.05) is 0 Å². The second-order valence-corrected chi connectivity index (χ2v) is 13.1. The summed E-state index contributed by atoms with van der Waals surface area (Å²) in [5.74, 6) is 0. The van der Waals surface area contributed by atoms with E-state index >= 15 is 0 Å². The van der Waals surface area contributed by atoms with Crippen LogP contribution in [0.15, 0.2) is 0 Å². The number of unbranched alkanes of at least 4 members (excludes halogenated alkanes) is 22. The average molecular weight is 674 g/mol. The standard InChI is InChI=1S/C39H79NO7/c1-4-6-8-10-12-14-16-18-20-22-24-26-29-45-36-38(37-47-39(41)40-28-31-43-34-35-44-33-32-42-3)46-30-27-25-23-21-19-17-15-13-11-9-7-5-2/h38H,4-37H2,1-3H3,(H,40,41). The minimum Gasteiger partial charge on any atom is -0.447 e. The van der Waals surface area contributed by atoms with Crippen molar-refractivity contribution in [3.8, 4) is 0 Å². The van der Waals surface area contributed by atoms with E-state index < -0.39 is 6.09 Å². The molecule has 282 valence electrons. The van der Waals surface area contributed by atoms with Gasteiger partial charge in [0.05, 0.1) is 39.6 Å². The Bertz CT molecular complexity index is 596.